The molecule has 0 heterocycles. The third kappa shape index (κ3) is 34.5. The maximum Gasteiger partial charge on any atom is 0.472 e. The largest absolute Gasteiger partial charge is 0.472 e. The van der Waals surface area contributed by atoms with Gasteiger partial charge in [0.05, 0.1) is 46.1 Å². The van der Waals surface area contributed by atoms with Gasteiger partial charge < -0.3 is 34.2 Å². The van der Waals surface area contributed by atoms with Crippen LogP contribution in [0.3, 0.4) is 0 Å². The number of carbonyl (C=O) groups is 3. The van der Waals surface area contributed by atoms with Gasteiger partial charge in [0.1, 0.15) is 25.5 Å². The molecule has 1 saturated carbocycles. The van der Waals surface area contributed by atoms with Gasteiger partial charge in [0.2, 0.25) is 0 Å². The van der Waals surface area contributed by atoms with Gasteiger partial charge in [0, 0.05) is 43.9 Å². The fourth-order valence-corrected chi connectivity index (χ4v) is 8.29. The van der Waals surface area contributed by atoms with Crippen LogP contribution in [0.15, 0.2) is 48.6 Å². The quantitative estimate of drug-likeness (QED) is 0.0150. The van der Waals surface area contributed by atoms with Crippen molar-refractivity contribution >= 4 is 25.5 Å². The lowest BCUT2D eigenvalue weighted by Crippen LogP contribution is -2.37. The van der Waals surface area contributed by atoms with Crippen LogP contribution in [0.1, 0.15) is 174 Å². The summed E-state index contributed by atoms with van der Waals surface area (Å²) in [7, 11) is 1.26. The van der Waals surface area contributed by atoms with Gasteiger partial charge in [0.25, 0.3) is 0 Å². The van der Waals surface area contributed by atoms with E-state index in [1.165, 1.54) is 32.1 Å². The highest BCUT2D eigenvalue weighted by Gasteiger charge is 2.41. The van der Waals surface area contributed by atoms with Crippen molar-refractivity contribution in [1.82, 2.24) is 0 Å². The molecule has 0 aromatic heterocycles. The SMILES string of the molecule is CCCCCC/C=C\C/C=C\C/C=C\CCCCCCCCC(=O)O[C@H](COC(=O)CCCCC(=O)C[C@@H]1[C@@H](/C=C/[C@@H](O)CCCCC)[C@H](O)C[C@@H]1O)COP(=O)(O)OCC[N+](C)(C)C. The molecule has 0 bridgehead atoms. The van der Waals surface area contributed by atoms with Gasteiger partial charge in [-0.15, -0.1) is 0 Å². The lowest BCUT2D eigenvalue weighted by molar-refractivity contribution is -0.870. The smallest absolute Gasteiger partial charge is 0.462 e. The summed E-state index contributed by atoms with van der Waals surface area (Å²) in [6.45, 7) is 3.85. The van der Waals surface area contributed by atoms with Crippen molar-refractivity contribution in [2.45, 2.75) is 199 Å². The third-order valence-corrected chi connectivity index (χ3v) is 12.5. The van der Waals surface area contributed by atoms with Crippen LogP contribution in [-0.2, 0) is 37.5 Å². The average molecular weight is 941 g/mol. The van der Waals surface area contributed by atoms with E-state index in [-0.39, 0.29) is 51.1 Å². The van der Waals surface area contributed by atoms with E-state index in [0.29, 0.717) is 36.7 Å². The molecule has 0 aromatic carbocycles. The number of hydrogen-bond acceptors (Lipinski definition) is 11. The number of nitrogens with zero attached hydrogens (tertiary/aromatic N) is 1. The molecule has 0 aromatic rings. The van der Waals surface area contributed by atoms with Crippen LogP contribution in [0, 0.1) is 11.8 Å². The number of aliphatic hydroxyl groups excluding tert-OH is 3. The number of ketones is 1. The fraction of sp³-hybridized carbons (Fsp3) is 0.784. The van der Waals surface area contributed by atoms with E-state index in [4.69, 9.17) is 18.5 Å². The second-order valence-corrected chi connectivity index (χ2v) is 20.3. The summed E-state index contributed by atoms with van der Waals surface area (Å²) in [6.07, 6.45) is 33.5. The van der Waals surface area contributed by atoms with E-state index >= 15 is 0 Å². The van der Waals surface area contributed by atoms with Crippen LogP contribution < -0.4 is 0 Å². The van der Waals surface area contributed by atoms with Crippen LogP contribution in [-0.4, -0.2) is 114 Å². The first-order valence-electron chi connectivity index (χ1n) is 25.0. The number of likely N-dealkylation sites (N-methyl/N-ethyl adjacent to an activating group) is 1. The van der Waals surface area contributed by atoms with Crippen molar-refractivity contribution in [2.75, 3.05) is 47.5 Å². The topological polar surface area (TPSA) is 186 Å². The molecule has 7 atom stereocenters. The Morgan fingerprint density at radius 3 is 1.89 bits per heavy atom. The van der Waals surface area contributed by atoms with Crippen LogP contribution in [0.4, 0.5) is 0 Å². The van der Waals surface area contributed by atoms with Gasteiger partial charge in [-0.1, -0.05) is 127 Å². The summed E-state index contributed by atoms with van der Waals surface area (Å²) in [4.78, 5) is 48.6. The Morgan fingerprint density at radius 1 is 0.692 bits per heavy atom. The zero-order valence-electron chi connectivity index (χ0n) is 41.0. The Kier molecular flexibility index (Phi) is 34.9. The predicted molar refractivity (Wildman–Crippen MR) is 259 cm³/mol. The molecule has 1 aliphatic rings. The molecule has 0 spiro atoms. The van der Waals surface area contributed by atoms with E-state index in [1.807, 2.05) is 21.1 Å². The highest BCUT2D eigenvalue weighted by Crippen LogP contribution is 2.43. The summed E-state index contributed by atoms with van der Waals surface area (Å²) in [5.41, 5.74) is 0. The number of esters is 2. The van der Waals surface area contributed by atoms with Gasteiger partial charge in [-0.25, -0.2) is 4.57 Å². The number of quaternary nitrogens is 1. The molecule has 0 radical (unpaired) electrons. The van der Waals surface area contributed by atoms with E-state index in [1.54, 1.807) is 12.2 Å². The lowest BCUT2D eigenvalue weighted by Gasteiger charge is -2.24. The maximum atomic E-state index is 12.9. The zero-order valence-corrected chi connectivity index (χ0v) is 41.9. The number of aliphatic hydroxyl groups is 3. The minimum atomic E-state index is -4.48. The average Bonchev–Trinajstić information content (AvgIpc) is 3.51. The number of carbonyl (C=O) groups excluding carboxylic acids is 3. The molecule has 65 heavy (non-hydrogen) atoms. The fourth-order valence-electron chi connectivity index (χ4n) is 7.55. The summed E-state index contributed by atoms with van der Waals surface area (Å²) in [6, 6.07) is 0. The van der Waals surface area contributed by atoms with Crippen molar-refractivity contribution < 1.29 is 62.2 Å². The molecule has 1 aliphatic carbocycles. The van der Waals surface area contributed by atoms with Crippen LogP contribution in [0.2, 0.25) is 0 Å². The molecule has 0 aliphatic heterocycles. The molecular weight excluding hydrogens is 850 g/mol. The molecule has 1 rings (SSSR count). The maximum absolute atomic E-state index is 12.9. The molecular formula is C51H91NO12P+. The Hall–Kier alpha value is -2.48. The third-order valence-electron chi connectivity index (χ3n) is 11.6. The lowest BCUT2D eigenvalue weighted by atomic mass is 9.87. The van der Waals surface area contributed by atoms with Crippen molar-refractivity contribution in [3.63, 3.8) is 0 Å². The molecule has 0 saturated heterocycles. The first kappa shape index (κ1) is 60.5. The normalized spacial score (nSPS) is 20.0. The molecule has 0 amide bonds. The second-order valence-electron chi connectivity index (χ2n) is 18.8. The molecule has 14 heteroatoms. The monoisotopic (exact) mass is 941 g/mol. The summed E-state index contributed by atoms with van der Waals surface area (Å²) >= 11 is 0. The van der Waals surface area contributed by atoms with Gasteiger partial charge in [-0.2, -0.15) is 0 Å². The van der Waals surface area contributed by atoms with Crippen LogP contribution in [0.25, 0.3) is 0 Å². The van der Waals surface area contributed by atoms with Crippen molar-refractivity contribution in [1.29, 1.82) is 0 Å². The molecule has 1 unspecified atom stereocenters. The Morgan fingerprint density at radius 2 is 1.25 bits per heavy atom. The minimum absolute atomic E-state index is 0.00144. The first-order chi connectivity index (χ1) is 31.1. The van der Waals surface area contributed by atoms with Crippen LogP contribution in [0.5, 0.6) is 0 Å². The van der Waals surface area contributed by atoms with Crippen molar-refractivity contribution in [3.05, 3.63) is 48.6 Å². The molecule has 1 fully saturated rings. The van der Waals surface area contributed by atoms with Gasteiger partial charge in [0.15, 0.2) is 6.10 Å². The zero-order chi connectivity index (χ0) is 48.2. The van der Waals surface area contributed by atoms with Gasteiger partial charge in [-0.05, 0) is 64.2 Å². The van der Waals surface area contributed by atoms with E-state index in [9.17, 15) is 39.2 Å². The van der Waals surface area contributed by atoms with E-state index in [2.05, 4.69) is 50.3 Å². The number of hydrogen-bond donors (Lipinski definition) is 4. The first-order valence-corrected chi connectivity index (χ1v) is 26.5. The number of unbranched alkanes of at least 4 members (excludes halogenated alkanes) is 13. The van der Waals surface area contributed by atoms with E-state index < -0.39 is 62.6 Å². The Bertz CT molecular complexity index is 1430. The number of ether oxygens (including phenoxy) is 2. The number of phosphoric acid groups is 1. The molecule has 376 valence electrons. The number of phosphoric ester groups is 1. The van der Waals surface area contributed by atoms with Crippen LogP contribution >= 0.6 is 7.82 Å². The molecule has 4 N–H and O–H groups in total. The number of Topliss-reactive ketones (excluding diaryl/α,β-unsaturated/α-hetero) is 1. The standard InChI is InChI=1S/C51H90NO12P/c1-6-8-10-11-12-13-14-15-16-17-18-19-20-21-22-23-24-25-26-28-34-51(58)64-45(42-63-65(59,60)62-38-37-52(3,4)5)41-61-50(57)33-30-29-32-44(54)39-47-46(48(55)40-49(47)56)36-35-43(53)31-27-9-7-2/h13-14,16-17,19-20,35-36,43,45-49,53,55-56H,6-12,15,18,21-34,37-42H2,1-5H3/p+1/b14-13-,17-16-,20-19-,36-35+/t43-,45+,46+,47+,48+,49-/m0/s1. The minimum Gasteiger partial charge on any atom is -0.462 e. The van der Waals surface area contributed by atoms with E-state index in [0.717, 1.165) is 70.6 Å². The second kappa shape index (κ2) is 37.5. The predicted octanol–water partition coefficient (Wildman–Crippen LogP) is 10.2. The highest BCUT2D eigenvalue weighted by molar-refractivity contribution is 7.47. The van der Waals surface area contributed by atoms with Crippen molar-refractivity contribution in [2.24, 2.45) is 11.8 Å². The molecule has 13 nitrogen and oxygen atoms in total. The van der Waals surface area contributed by atoms with Crippen molar-refractivity contribution in [3.8, 4) is 0 Å². The van der Waals surface area contributed by atoms with Gasteiger partial charge >= 0.3 is 19.8 Å². The van der Waals surface area contributed by atoms with Gasteiger partial charge in [-0.3, -0.25) is 23.4 Å². The highest BCUT2D eigenvalue weighted by atomic mass is 31.2. The Balaban J connectivity index is 2.46. The summed E-state index contributed by atoms with van der Waals surface area (Å²) < 4.78 is 34.2. The number of allylic oxidation sites excluding steroid dienone is 6. The number of rotatable bonds is 41. The summed E-state index contributed by atoms with van der Waals surface area (Å²) in [5.74, 6) is -2.08. The summed E-state index contributed by atoms with van der Waals surface area (Å²) in [5, 5.41) is 31.4. The Labute approximate surface area is 393 Å².